The standard InChI is InChI=1S/C15H15N3O/c1-2-18-10-12(9-16-18)15(19)14-8-7-11-5-3-4-6-13(11)17-14/h3-10,15,19H,2H2,1H3. The molecule has 4 heteroatoms. The molecular weight excluding hydrogens is 238 g/mol. The predicted octanol–water partition coefficient (Wildman–Crippen LogP) is 2.53. The van der Waals surface area contributed by atoms with Crippen LogP contribution in [0.1, 0.15) is 24.3 Å². The maximum absolute atomic E-state index is 10.3. The molecule has 0 aliphatic carbocycles. The third kappa shape index (κ3) is 2.22. The van der Waals surface area contributed by atoms with E-state index in [1.165, 1.54) is 0 Å². The zero-order valence-electron chi connectivity index (χ0n) is 10.7. The summed E-state index contributed by atoms with van der Waals surface area (Å²) < 4.78 is 1.79. The van der Waals surface area contributed by atoms with E-state index in [1.54, 1.807) is 10.9 Å². The van der Waals surface area contributed by atoms with Crippen LogP contribution >= 0.6 is 0 Å². The zero-order chi connectivity index (χ0) is 13.2. The second-order valence-electron chi connectivity index (χ2n) is 4.46. The van der Waals surface area contributed by atoms with Crippen LogP contribution in [0.5, 0.6) is 0 Å². The van der Waals surface area contributed by atoms with Gasteiger partial charge in [0.15, 0.2) is 0 Å². The first kappa shape index (κ1) is 11.9. The molecule has 96 valence electrons. The molecule has 1 unspecified atom stereocenters. The Labute approximate surface area is 111 Å². The van der Waals surface area contributed by atoms with Gasteiger partial charge in [-0.3, -0.25) is 4.68 Å². The number of aryl methyl sites for hydroxylation is 1. The van der Waals surface area contributed by atoms with Gasteiger partial charge in [0, 0.05) is 23.7 Å². The number of rotatable bonds is 3. The van der Waals surface area contributed by atoms with Crippen LogP contribution in [-0.4, -0.2) is 19.9 Å². The van der Waals surface area contributed by atoms with Crippen LogP contribution in [0.4, 0.5) is 0 Å². The van der Waals surface area contributed by atoms with Crippen LogP contribution in [-0.2, 0) is 6.54 Å². The lowest BCUT2D eigenvalue weighted by Gasteiger charge is -2.08. The van der Waals surface area contributed by atoms with E-state index in [9.17, 15) is 5.11 Å². The average molecular weight is 253 g/mol. The topological polar surface area (TPSA) is 50.9 Å². The number of aromatic nitrogens is 3. The summed E-state index contributed by atoms with van der Waals surface area (Å²) in [6.45, 7) is 2.80. The lowest BCUT2D eigenvalue weighted by atomic mass is 10.1. The van der Waals surface area contributed by atoms with Crippen LogP contribution in [0.15, 0.2) is 48.8 Å². The Balaban J connectivity index is 1.98. The Morgan fingerprint density at radius 3 is 2.84 bits per heavy atom. The third-order valence-corrected chi connectivity index (χ3v) is 3.19. The molecule has 1 N–H and O–H groups in total. The first-order chi connectivity index (χ1) is 9.28. The van der Waals surface area contributed by atoms with E-state index < -0.39 is 6.10 Å². The summed E-state index contributed by atoms with van der Waals surface area (Å²) >= 11 is 0. The molecule has 3 aromatic rings. The number of fused-ring (bicyclic) bond motifs is 1. The van der Waals surface area contributed by atoms with E-state index in [1.807, 2.05) is 49.5 Å². The van der Waals surface area contributed by atoms with Crippen molar-refractivity contribution in [1.29, 1.82) is 0 Å². The smallest absolute Gasteiger partial charge is 0.124 e. The number of aliphatic hydroxyl groups is 1. The largest absolute Gasteiger partial charge is 0.382 e. The number of pyridine rings is 1. The highest BCUT2D eigenvalue weighted by molar-refractivity contribution is 5.78. The molecule has 19 heavy (non-hydrogen) atoms. The van der Waals surface area contributed by atoms with E-state index in [4.69, 9.17) is 0 Å². The zero-order valence-corrected chi connectivity index (χ0v) is 10.7. The molecule has 4 nitrogen and oxygen atoms in total. The van der Waals surface area contributed by atoms with Gasteiger partial charge in [0.25, 0.3) is 0 Å². The molecule has 3 rings (SSSR count). The molecule has 0 radical (unpaired) electrons. The van der Waals surface area contributed by atoms with Crippen molar-refractivity contribution in [3.63, 3.8) is 0 Å². The fourth-order valence-electron chi connectivity index (χ4n) is 2.10. The Hall–Kier alpha value is -2.20. The van der Waals surface area contributed by atoms with Crippen molar-refractivity contribution in [3.8, 4) is 0 Å². The van der Waals surface area contributed by atoms with Crippen molar-refractivity contribution in [1.82, 2.24) is 14.8 Å². The van der Waals surface area contributed by atoms with Crippen LogP contribution in [0.2, 0.25) is 0 Å². The Kier molecular flexibility index (Phi) is 3.01. The normalized spacial score (nSPS) is 12.7. The maximum atomic E-state index is 10.3. The molecule has 0 aliphatic rings. The molecule has 1 atom stereocenters. The molecule has 0 saturated heterocycles. The van der Waals surface area contributed by atoms with E-state index in [2.05, 4.69) is 10.1 Å². The van der Waals surface area contributed by atoms with Gasteiger partial charge in [0.05, 0.1) is 17.4 Å². The van der Waals surface area contributed by atoms with Gasteiger partial charge in [0.2, 0.25) is 0 Å². The van der Waals surface area contributed by atoms with Gasteiger partial charge < -0.3 is 5.11 Å². The highest BCUT2D eigenvalue weighted by atomic mass is 16.3. The molecular formula is C15H15N3O. The van der Waals surface area contributed by atoms with Gasteiger partial charge in [-0.1, -0.05) is 24.3 Å². The summed E-state index contributed by atoms with van der Waals surface area (Å²) in [4.78, 5) is 4.50. The van der Waals surface area contributed by atoms with Crippen LogP contribution in [0.3, 0.4) is 0 Å². The minimum Gasteiger partial charge on any atom is -0.382 e. The minimum atomic E-state index is -0.732. The minimum absolute atomic E-state index is 0.648. The number of para-hydroxylation sites is 1. The molecule has 2 heterocycles. The van der Waals surface area contributed by atoms with Crippen LogP contribution in [0, 0.1) is 0 Å². The van der Waals surface area contributed by atoms with E-state index in [0.717, 1.165) is 23.0 Å². The molecule has 0 aliphatic heterocycles. The van der Waals surface area contributed by atoms with Crippen LogP contribution in [0.25, 0.3) is 10.9 Å². The van der Waals surface area contributed by atoms with Crippen molar-refractivity contribution in [2.24, 2.45) is 0 Å². The van der Waals surface area contributed by atoms with Crippen molar-refractivity contribution >= 4 is 10.9 Å². The summed E-state index contributed by atoms with van der Waals surface area (Å²) in [5.41, 5.74) is 2.31. The Bertz CT molecular complexity index is 705. The van der Waals surface area contributed by atoms with Crippen molar-refractivity contribution in [2.75, 3.05) is 0 Å². The van der Waals surface area contributed by atoms with E-state index in [-0.39, 0.29) is 0 Å². The second kappa shape index (κ2) is 4.82. The fraction of sp³-hybridized carbons (Fsp3) is 0.200. The molecule has 0 saturated carbocycles. The monoisotopic (exact) mass is 253 g/mol. The van der Waals surface area contributed by atoms with E-state index >= 15 is 0 Å². The Morgan fingerprint density at radius 1 is 1.21 bits per heavy atom. The SMILES string of the molecule is CCn1cc(C(O)c2ccc3ccccc3n2)cn1. The van der Waals surface area contributed by atoms with Gasteiger partial charge in [-0.15, -0.1) is 0 Å². The van der Waals surface area contributed by atoms with Gasteiger partial charge in [0.1, 0.15) is 6.10 Å². The highest BCUT2D eigenvalue weighted by Crippen LogP contribution is 2.22. The number of aliphatic hydroxyl groups excluding tert-OH is 1. The van der Waals surface area contributed by atoms with Gasteiger partial charge in [-0.05, 0) is 19.1 Å². The number of nitrogens with zero attached hydrogens (tertiary/aromatic N) is 3. The summed E-state index contributed by atoms with van der Waals surface area (Å²) in [6.07, 6.45) is 2.80. The summed E-state index contributed by atoms with van der Waals surface area (Å²) in [5, 5.41) is 15.6. The molecule has 1 aromatic carbocycles. The highest BCUT2D eigenvalue weighted by Gasteiger charge is 2.14. The molecule has 0 amide bonds. The summed E-state index contributed by atoms with van der Waals surface area (Å²) in [5.74, 6) is 0. The second-order valence-corrected chi connectivity index (χ2v) is 4.46. The molecule has 0 fully saturated rings. The van der Waals surface area contributed by atoms with Gasteiger partial charge in [-0.2, -0.15) is 5.10 Å². The van der Waals surface area contributed by atoms with Crippen molar-refractivity contribution in [3.05, 3.63) is 60.0 Å². The number of hydrogen-bond acceptors (Lipinski definition) is 3. The average Bonchev–Trinajstić information content (AvgIpc) is 2.95. The molecule has 0 bridgehead atoms. The first-order valence-corrected chi connectivity index (χ1v) is 6.34. The number of benzene rings is 1. The van der Waals surface area contributed by atoms with Gasteiger partial charge in [-0.25, -0.2) is 4.98 Å². The van der Waals surface area contributed by atoms with Gasteiger partial charge >= 0.3 is 0 Å². The first-order valence-electron chi connectivity index (χ1n) is 6.34. The number of hydrogen-bond donors (Lipinski definition) is 1. The predicted molar refractivity (Wildman–Crippen MR) is 73.7 cm³/mol. The van der Waals surface area contributed by atoms with Crippen molar-refractivity contribution in [2.45, 2.75) is 19.6 Å². The third-order valence-electron chi connectivity index (χ3n) is 3.19. The molecule has 2 aromatic heterocycles. The lowest BCUT2D eigenvalue weighted by Crippen LogP contribution is -2.01. The fourth-order valence-corrected chi connectivity index (χ4v) is 2.10. The summed E-state index contributed by atoms with van der Waals surface area (Å²) in [6, 6.07) is 11.7. The van der Waals surface area contributed by atoms with Crippen molar-refractivity contribution < 1.29 is 5.11 Å². The molecule has 0 spiro atoms. The lowest BCUT2D eigenvalue weighted by molar-refractivity contribution is 0.215. The maximum Gasteiger partial charge on any atom is 0.124 e. The quantitative estimate of drug-likeness (QED) is 0.780. The van der Waals surface area contributed by atoms with Crippen LogP contribution < -0.4 is 0 Å². The Morgan fingerprint density at radius 2 is 2.05 bits per heavy atom. The summed E-state index contributed by atoms with van der Waals surface area (Å²) in [7, 11) is 0. The van der Waals surface area contributed by atoms with E-state index in [0.29, 0.717) is 5.69 Å².